The van der Waals surface area contributed by atoms with Crippen molar-refractivity contribution in [3.8, 4) is 23.0 Å². The molecule has 0 spiro atoms. The predicted molar refractivity (Wildman–Crippen MR) is 86.7 cm³/mol. The standard InChI is InChI=1S/C18H14ClNO3/c19-13-4-7-15-12(9-13)3-8-16(15)22-14-5-1-11(2-6-14)17-10-18(21)20-23-17/h1-2,4-7,9-10,16H,3,8H2,(H,20,21). The zero-order valence-electron chi connectivity index (χ0n) is 12.2. The molecular formula is C18H14ClNO3. The molecule has 1 aromatic heterocycles. The Labute approximate surface area is 138 Å². The number of benzene rings is 2. The van der Waals surface area contributed by atoms with Gasteiger partial charge in [0.15, 0.2) is 5.76 Å². The summed E-state index contributed by atoms with van der Waals surface area (Å²) in [6.07, 6.45) is 1.99. The molecule has 0 saturated heterocycles. The number of ether oxygens (including phenoxy) is 1. The van der Waals surface area contributed by atoms with Gasteiger partial charge in [0, 0.05) is 16.7 Å². The molecule has 1 N–H and O–H groups in total. The minimum atomic E-state index is -0.124. The molecule has 0 radical (unpaired) electrons. The van der Waals surface area contributed by atoms with Crippen molar-refractivity contribution in [2.24, 2.45) is 0 Å². The third-order valence-corrected chi connectivity index (χ3v) is 4.28. The summed E-state index contributed by atoms with van der Waals surface area (Å²) in [4.78, 5) is 0. The second kappa shape index (κ2) is 5.63. The lowest BCUT2D eigenvalue weighted by Gasteiger charge is -2.15. The molecule has 5 heteroatoms. The Morgan fingerprint density at radius 1 is 1.13 bits per heavy atom. The van der Waals surface area contributed by atoms with Crippen LogP contribution in [0.5, 0.6) is 11.6 Å². The summed E-state index contributed by atoms with van der Waals surface area (Å²) >= 11 is 6.04. The third kappa shape index (κ3) is 2.78. The van der Waals surface area contributed by atoms with Gasteiger partial charge in [-0.2, -0.15) is 0 Å². The van der Waals surface area contributed by atoms with Crippen molar-refractivity contribution in [1.29, 1.82) is 0 Å². The highest BCUT2D eigenvalue weighted by Gasteiger charge is 2.24. The SMILES string of the molecule is Oc1cc(-c2ccc(OC3CCc4cc(Cl)ccc43)cc2)on1. The van der Waals surface area contributed by atoms with Crippen molar-refractivity contribution >= 4 is 11.6 Å². The van der Waals surface area contributed by atoms with Crippen LogP contribution in [0.3, 0.4) is 0 Å². The van der Waals surface area contributed by atoms with Gasteiger partial charge < -0.3 is 14.4 Å². The average molecular weight is 328 g/mol. The first-order valence-corrected chi connectivity index (χ1v) is 7.78. The van der Waals surface area contributed by atoms with E-state index in [-0.39, 0.29) is 12.0 Å². The summed E-state index contributed by atoms with van der Waals surface area (Å²) in [5, 5.41) is 13.5. The fourth-order valence-electron chi connectivity index (χ4n) is 2.93. The lowest BCUT2D eigenvalue weighted by atomic mass is 10.1. The molecule has 4 rings (SSSR count). The van der Waals surface area contributed by atoms with Gasteiger partial charge in [-0.25, -0.2) is 0 Å². The topological polar surface area (TPSA) is 55.5 Å². The summed E-state index contributed by atoms with van der Waals surface area (Å²) in [7, 11) is 0. The van der Waals surface area contributed by atoms with E-state index >= 15 is 0 Å². The van der Waals surface area contributed by atoms with Gasteiger partial charge in [0.2, 0.25) is 0 Å². The number of hydrogen-bond donors (Lipinski definition) is 1. The van der Waals surface area contributed by atoms with Crippen LogP contribution in [0.15, 0.2) is 53.1 Å². The Bertz CT molecular complexity index is 842. The van der Waals surface area contributed by atoms with E-state index in [1.54, 1.807) is 0 Å². The molecule has 1 aliphatic rings. The summed E-state index contributed by atoms with van der Waals surface area (Å²) in [5.41, 5.74) is 3.30. The Morgan fingerprint density at radius 3 is 2.70 bits per heavy atom. The van der Waals surface area contributed by atoms with Crippen LogP contribution >= 0.6 is 11.6 Å². The Hall–Kier alpha value is -2.46. The van der Waals surface area contributed by atoms with Gasteiger partial charge in [-0.3, -0.25) is 0 Å². The van der Waals surface area contributed by atoms with Crippen molar-refractivity contribution in [3.05, 3.63) is 64.7 Å². The molecule has 0 fully saturated rings. The smallest absolute Gasteiger partial charge is 0.252 e. The third-order valence-electron chi connectivity index (χ3n) is 4.04. The largest absolute Gasteiger partial charge is 0.491 e. The van der Waals surface area contributed by atoms with Crippen LogP contribution in [0.1, 0.15) is 23.7 Å². The van der Waals surface area contributed by atoms with Crippen molar-refractivity contribution in [2.75, 3.05) is 0 Å². The number of aromatic nitrogens is 1. The van der Waals surface area contributed by atoms with Crippen LogP contribution in [0.25, 0.3) is 11.3 Å². The van der Waals surface area contributed by atoms with Gasteiger partial charge in [0.25, 0.3) is 5.88 Å². The van der Waals surface area contributed by atoms with Gasteiger partial charge in [0.05, 0.1) is 0 Å². The zero-order valence-corrected chi connectivity index (χ0v) is 13.0. The van der Waals surface area contributed by atoms with E-state index in [0.717, 1.165) is 29.2 Å². The van der Waals surface area contributed by atoms with Crippen molar-refractivity contribution < 1.29 is 14.4 Å². The minimum absolute atomic E-state index is 0.0578. The number of fused-ring (bicyclic) bond motifs is 1. The van der Waals surface area contributed by atoms with Gasteiger partial charge in [-0.05, 0) is 65.5 Å². The molecule has 0 bridgehead atoms. The van der Waals surface area contributed by atoms with Crippen LogP contribution in [0, 0.1) is 0 Å². The number of aromatic hydroxyl groups is 1. The minimum Gasteiger partial charge on any atom is -0.491 e. The van der Waals surface area contributed by atoms with Gasteiger partial charge >= 0.3 is 0 Å². The highest BCUT2D eigenvalue weighted by Crippen LogP contribution is 2.36. The fraction of sp³-hybridized carbons (Fsp3) is 0.167. The van der Waals surface area contributed by atoms with E-state index in [2.05, 4.69) is 5.16 Å². The average Bonchev–Trinajstić information content (AvgIpc) is 3.15. The first-order chi connectivity index (χ1) is 11.2. The second-order valence-corrected chi connectivity index (χ2v) is 6.00. The molecule has 116 valence electrons. The first-order valence-electron chi connectivity index (χ1n) is 7.40. The molecule has 4 nitrogen and oxygen atoms in total. The molecular weight excluding hydrogens is 314 g/mol. The van der Waals surface area contributed by atoms with Gasteiger partial charge in [-0.15, -0.1) is 0 Å². The van der Waals surface area contributed by atoms with Gasteiger partial charge in [-0.1, -0.05) is 17.7 Å². The molecule has 1 unspecified atom stereocenters. The van der Waals surface area contributed by atoms with Crippen LogP contribution in [0.4, 0.5) is 0 Å². The summed E-state index contributed by atoms with van der Waals surface area (Å²) in [6.45, 7) is 0. The van der Waals surface area contributed by atoms with Crippen LogP contribution in [-0.2, 0) is 6.42 Å². The molecule has 1 heterocycles. The summed E-state index contributed by atoms with van der Waals surface area (Å²) in [6, 6.07) is 15.0. The predicted octanol–water partition coefficient (Wildman–Crippen LogP) is 4.77. The van der Waals surface area contributed by atoms with Crippen LogP contribution in [-0.4, -0.2) is 10.3 Å². The molecule has 0 saturated carbocycles. The molecule has 1 atom stereocenters. The maximum absolute atomic E-state index is 9.23. The Balaban J connectivity index is 1.52. The maximum atomic E-state index is 9.23. The molecule has 0 amide bonds. The first kappa shape index (κ1) is 14.2. The highest BCUT2D eigenvalue weighted by molar-refractivity contribution is 6.30. The monoisotopic (exact) mass is 327 g/mol. The lowest BCUT2D eigenvalue weighted by molar-refractivity contribution is 0.207. The van der Waals surface area contributed by atoms with Gasteiger partial charge in [0.1, 0.15) is 11.9 Å². The molecule has 0 aliphatic heterocycles. The van der Waals surface area contributed by atoms with E-state index in [0.29, 0.717) is 5.76 Å². The van der Waals surface area contributed by atoms with Crippen molar-refractivity contribution in [3.63, 3.8) is 0 Å². The number of hydrogen-bond acceptors (Lipinski definition) is 4. The highest BCUT2D eigenvalue weighted by atomic mass is 35.5. The van der Waals surface area contributed by atoms with Crippen LogP contribution < -0.4 is 4.74 Å². The summed E-state index contributed by atoms with van der Waals surface area (Å²) in [5.74, 6) is 1.20. The second-order valence-electron chi connectivity index (χ2n) is 5.56. The zero-order chi connectivity index (χ0) is 15.8. The number of aryl methyl sites for hydroxylation is 1. The molecule has 2 aromatic carbocycles. The number of nitrogens with zero attached hydrogens (tertiary/aromatic N) is 1. The van der Waals surface area contributed by atoms with E-state index in [1.807, 2.05) is 42.5 Å². The van der Waals surface area contributed by atoms with Crippen molar-refractivity contribution in [2.45, 2.75) is 18.9 Å². The van der Waals surface area contributed by atoms with E-state index in [4.69, 9.17) is 20.9 Å². The molecule has 1 aliphatic carbocycles. The van der Waals surface area contributed by atoms with Crippen LogP contribution in [0.2, 0.25) is 5.02 Å². The quantitative estimate of drug-likeness (QED) is 0.753. The summed E-state index contributed by atoms with van der Waals surface area (Å²) < 4.78 is 11.1. The maximum Gasteiger partial charge on any atom is 0.252 e. The molecule has 3 aromatic rings. The van der Waals surface area contributed by atoms with E-state index in [9.17, 15) is 5.11 Å². The fourth-order valence-corrected chi connectivity index (χ4v) is 3.13. The van der Waals surface area contributed by atoms with E-state index < -0.39 is 0 Å². The normalized spacial score (nSPS) is 16.3. The number of halogens is 1. The Kier molecular flexibility index (Phi) is 3.46. The number of rotatable bonds is 3. The van der Waals surface area contributed by atoms with Crippen molar-refractivity contribution in [1.82, 2.24) is 5.16 Å². The lowest BCUT2D eigenvalue weighted by Crippen LogP contribution is -2.03. The molecule has 23 heavy (non-hydrogen) atoms. The Morgan fingerprint density at radius 2 is 1.96 bits per heavy atom. The van der Waals surface area contributed by atoms with E-state index in [1.165, 1.54) is 17.2 Å².